The van der Waals surface area contributed by atoms with Gasteiger partial charge in [0.1, 0.15) is 0 Å². The number of urea groups is 1. The van der Waals surface area contributed by atoms with E-state index in [1.54, 1.807) is 12.1 Å². The summed E-state index contributed by atoms with van der Waals surface area (Å²) in [6.45, 7) is 6.95. The summed E-state index contributed by atoms with van der Waals surface area (Å²) in [5.41, 5.74) is 2.01. The Labute approximate surface area is 138 Å². The lowest BCUT2D eigenvalue weighted by Crippen LogP contribution is -2.42. The lowest BCUT2D eigenvalue weighted by Gasteiger charge is -2.29. The van der Waals surface area contributed by atoms with Crippen molar-refractivity contribution >= 4 is 17.7 Å². The minimum Gasteiger partial charge on any atom is -0.465 e. The maximum atomic E-state index is 12.7. The number of ether oxygens (including phenoxy) is 1. The van der Waals surface area contributed by atoms with E-state index < -0.39 is 5.97 Å². The van der Waals surface area contributed by atoms with Gasteiger partial charge in [0.25, 0.3) is 0 Å². The molecule has 5 heteroatoms. The van der Waals surface area contributed by atoms with Crippen LogP contribution in [-0.2, 0) is 4.74 Å². The van der Waals surface area contributed by atoms with Crippen molar-refractivity contribution in [2.45, 2.75) is 46.1 Å². The third-order valence-electron chi connectivity index (χ3n) is 4.52. The predicted octanol–water partition coefficient (Wildman–Crippen LogP) is 3.82. The maximum Gasteiger partial charge on any atom is 0.337 e. The number of rotatable bonds is 2. The van der Waals surface area contributed by atoms with E-state index in [4.69, 9.17) is 4.74 Å². The number of amides is 2. The van der Waals surface area contributed by atoms with E-state index in [-0.39, 0.29) is 12.1 Å². The highest BCUT2D eigenvalue weighted by Gasteiger charge is 2.25. The molecule has 23 heavy (non-hydrogen) atoms. The van der Waals surface area contributed by atoms with Crippen molar-refractivity contribution in [1.29, 1.82) is 0 Å². The number of carbonyl (C=O) groups is 2. The number of esters is 1. The summed E-state index contributed by atoms with van der Waals surface area (Å²) in [5.74, 6) is 0.102. The normalized spacial score (nSPS) is 21.5. The molecular weight excluding hydrogens is 292 g/mol. The molecule has 1 fully saturated rings. The Balaban J connectivity index is 2.17. The lowest BCUT2D eigenvalue weighted by atomic mass is 10.1. The molecule has 0 unspecified atom stereocenters. The van der Waals surface area contributed by atoms with Crippen LogP contribution in [0.15, 0.2) is 18.2 Å². The Kier molecular flexibility index (Phi) is 5.64. The van der Waals surface area contributed by atoms with Crippen molar-refractivity contribution < 1.29 is 14.3 Å². The molecule has 2 amide bonds. The van der Waals surface area contributed by atoms with Gasteiger partial charge in [0.15, 0.2) is 0 Å². The van der Waals surface area contributed by atoms with Gasteiger partial charge in [-0.25, -0.2) is 9.59 Å². The number of carbonyl (C=O) groups excluding carboxylic acids is 2. The fourth-order valence-corrected chi connectivity index (χ4v) is 3.00. The average molecular weight is 318 g/mol. The molecule has 1 N–H and O–H groups in total. The van der Waals surface area contributed by atoms with Gasteiger partial charge in [-0.05, 0) is 50.3 Å². The minimum absolute atomic E-state index is 0.101. The van der Waals surface area contributed by atoms with Crippen LogP contribution >= 0.6 is 0 Å². The highest BCUT2D eigenvalue weighted by Crippen LogP contribution is 2.23. The van der Waals surface area contributed by atoms with Crippen molar-refractivity contribution in [1.82, 2.24) is 4.90 Å². The molecule has 1 heterocycles. The van der Waals surface area contributed by atoms with Crippen LogP contribution in [0.3, 0.4) is 0 Å². The Morgan fingerprint density at radius 2 is 2.00 bits per heavy atom. The van der Waals surface area contributed by atoms with Crippen molar-refractivity contribution in [3.8, 4) is 0 Å². The molecular formula is C18H26N2O3. The number of anilines is 1. The SMILES string of the molecule is COC(=O)c1ccc(C)c(NC(=O)N2C[C@@H](C)CCC[C@@H]2C)c1. The monoisotopic (exact) mass is 318 g/mol. The third-order valence-corrected chi connectivity index (χ3v) is 4.52. The number of likely N-dealkylation sites (tertiary alicyclic amines) is 1. The zero-order chi connectivity index (χ0) is 17.0. The van der Waals surface area contributed by atoms with Gasteiger partial charge in [-0.1, -0.05) is 19.4 Å². The first-order valence-electron chi connectivity index (χ1n) is 8.19. The molecule has 1 aliphatic heterocycles. The van der Waals surface area contributed by atoms with Crippen molar-refractivity contribution in [3.63, 3.8) is 0 Å². The van der Waals surface area contributed by atoms with Crippen molar-refractivity contribution in [3.05, 3.63) is 29.3 Å². The number of nitrogens with one attached hydrogen (secondary N) is 1. The fourth-order valence-electron chi connectivity index (χ4n) is 3.00. The first-order chi connectivity index (χ1) is 10.9. The Morgan fingerprint density at radius 1 is 1.26 bits per heavy atom. The first kappa shape index (κ1) is 17.3. The molecule has 0 aromatic heterocycles. The second-order valence-electron chi connectivity index (χ2n) is 6.49. The average Bonchev–Trinajstić information content (AvgIpc) is 2.69. The molecule has 126 valence electrons. The van der Waals surface area contributed by atoms with E-state index in [1.807, 2.05) is 17.9 Å². The Bertz CT molecular complexity index is 586. The molecule has 0 saturated carbocycles. The zero-order valence-corrected chi connectivity index (χ0v) is 14.4. The van der Waals surface area contributed by atoms with Gasteiger partial charge >= 0.3 is 12.0 Å². The molecule has 5 nitrogen and oxygen atoms in total. The number of nitrogens with zero attached hydrogens (tertiary/aromatic N) is 1. The Hall–Kier alpha value is -2.04. The van der Waals surface area contributed by atoms with Crippen LogP contribution in [0.4, 0.5) is 10.5 Å². The van der Waals surface area contributed by atoms with Crippen LogP contribution < -0.4 is 5.32 Å². The topological polar surface area (TPSA) is 58.6 Å². The molecule has 0 aliphatic carbocycles. The quantitative estimate of drug-likeness (QED) is 0.843. The van der Waals surface area contributed by atoms with Gasteiger partial charge in [0.05, 0.1) is 12.7 Å². The van der Waals surface area contributed by atoms with E-state index in [0.29, 0.717) is 17.2 Å². The van der Waals surface area contributed by atoms with Crippen molar-refractivity contribution in [2.24, 2.45) is 5.92 Å². The zero-order valence-electron chi connectivity index (χ0n) is 14.4. The van der Waals surface area contributed by atoms with Crippen LogP contribution in [0, 0.1) is 12.8 Å². The summed E-state index contributed by atoms with van der Waals surface area (Å²) >= 11 is 0. The molecule has 2 rings (SSSR count). The van der Waals surface area contributed by atoms with E-state index >= 15 is 0 Å². The summed E-state index contributed by atoms with van der Waals surface area (Å²) < 4.78 is 4.74. The largest absolute Gasteiger partial charge is 0.465 e. The molecule has 0 spiro atoms. The molecule has 2 atom stereocenters. The maximum absolute atomic E-state index is 12.7. The van der Waals surface area contributed by atoms with Crippen LogP contribution in [0.2, 0.25) is 0 Å². The third kappa shape index (κ3) is 4.24. The molecule has 0 radical (unpaired) electrons. The molecule has 1 saturated heterocycles. The van der Waals surface area contributed by atoms with Gasteiger partial charge in [-0.2, -0.15) is 0 Å². The number of hydrogen-bond acceptors (Lipinski definition) is 3. The van der Waals surface area contributed by atoms with E-state index in [1.165, 1.54) is 7.11 Å². The lowest BCUT2D eigenvalue weighted by molar-refractivity contribution is 0.0600. The number of benzene rings is 1. The Morgan fingerprint density at radius 3 is 2.70 bits per heavy atom. The molecule has 1 aromatic carbocycles. The summed E-state index contributed by atoms with van der Waals surface area (Å²) in [6.07, 6.45) is 3.34. The van der Waals surface area contributed by atoms with Gasteiger partial charge < -0.3 is 15.0 Å². The van der Waals surface area contributed by atoms with Crippen LogP contribution in [-0.4, -0.2) is 36.6 Å². The van der Waals surface area contributed by atoms with Crippen LogP contribution in [0.25, 0.3) is 0 Å². The van der Waals surface area contributed by atoms with Gasteiger partial charge in [0, 0.05) is 18.3 Å². The molecule has 1 aliphatic rings. The fraction of sp³-hybridized carbons (Fsp3) is 0.556. The highest BCUT2D eigenvalue weighted by atomic mass is 16.5. The molecule has 1 aromatic rings. The summed E-state index contributed by atoms with van der Waals surface area (Å²) in [5, 5.41) is 2.96. The number of hydrogen-bond donors (Lipinski definition) is 1. The highest BCUT2D eigenvalue weighted by molar-refractivity contribution is 5.94. The van der Waals surface area contributed by atoms with Gasteiger partial charge in [-0.3, -0.25) is 0 Å². The molecule has 0 bridgehead atoms. The number of aryl methyl sites for hydroxylation is 1. The standard InChI is InChI=1S/C18H26N2O3/c1-12-6-5-7-14(3)20(11-12)18(22)19-16-10-15(17(21)23-4)9-8-13(16)2/h8-10,12,14H,5-7,11H2,1-4H3,(H,19,22)/t12-,14-/m0/s1. The second kappa shape index (κ2) is 7.49. The van der Waals surface area contributed by atoms with Crippen LogP contribution in [0.1, 0.15) is 49.0 Å². The number of methoxy groups -OCH3 is 1. The first-order valence-corrected chi connectivity index (χ1v) is 8.19. The van der Waals surface area contributed by atoms with Gasteiger partial charge in [0.2, 0.25) is 0 Å². The summed E-state index contributed by atoms with van der Waals surface area (Å²) in [6, 6.07) is 5.31. The van der Waals surface area contributed by atoms with E-state index in [9.17, 15) is 9.59 Å². The van der Waals surface area contributed by atoms with Gasteiger partial charge in [-0.15, -0.1) is 0 Å². The summed E-state index contributed by atoms with van der Waals surface area (Å²) in [4.78, 5) is 26.2. The minimum atomic E-state index is -0.405. The van der Waals surface area contributed by atoms with E-state index in [2.05, 4.69) is 19.2 Å². The van der Waals surface area contributed by atoms with Crippen LogP contribution in [0.5, 0.6) is 0 Å². The summed E-state index contributed by atoms with van der Waals surface area (Å²) in [7, 11) is 1.35. The van der Waals surface area contributed by atoms with E-state index in [0.717, 1.165) is 31.4 Å². The van der Waals surface area contributed by atoms with Crippen molar-refractivity contribution in [2.75, 3.05) is 19.0 Å². The predicted molar refractivity (Wildman–Crippen MR) is 90.7 cm³/mol. The smallest absolute Gasteiger partial charge is 0.337 e. The second-order valence-corrected chi connectivity index (χ2v) is 6.49.